The monoisotopic (exact) mass is 336 g/mol. The summed E-state index contributed by atoms with van der Waals surface area (Å²) in [5, 5.41) is 9.30. The van der Waals surface area contributed by atoms with Crippen molar-refractivity contribution in [1.29, 1.82) is 0 Å². The summed E-state index contributed by atoms with van der Waals surface area (Å²) in [7, 11) is 0. The minimum atomic E-state index is -0.385. The molecule has 2 aromatic rings. The normalized spacial score (nSPS) is 17.3. The van der Waals surface area contributed by atoms with E-state index in [0.717, 1.165) is 0 Å². The van der Waals surface area contributed by atoms with E-state index in [0.29, 0.717) is 25.1 Å². The van der Waals surface area contributed by atoms with Gasteiger partial charge in [0, 0.05) is 24.7 Å². The lowest BCUT2D eigenvalue weighted by molar-refractivity contribution is 0.0783. The Kier molecular flexibility index (Phi) is 4.29. The van der Waals surface area contributed by atoms with Crippen LogP contribution < -0.4 is 5.32 Å². The van der Waals surface area contributed by atoms with E-state index in [1.165, 1.54) is 30.5 Å². The minimum absolute atomic E-state index is 0.161. The zero-order chi connectivity index (χ0) is 16.4. The van der Waals surface area contributed by atoms with E-state index in [1.807, 2.05) is 0 Å². The van der Waals surface area contributed by atoms with Crippen LogP contribution in [0.5, 0.6) is 0 Å². The van der Waals surface area contributed by atoms with Crippen molar-refractivity contribution in [1.82, 2.24) is 20.4 Å². The SMILES string of the molecule is O=C(N[C@@H]1CCN(C(=O)c2ccc(F)cc2)C1)c1[nH]ncc1Cl. The highest BCUT2D eigenvalue weighted by molar-refractivity contribution is 6.33. The van der Waals surface area contributed by atoms with E-state index in [4.69, 9.17) is 11.6 Å². The van der Waals surface area contributed by atoms with Crippen molar-refractivity contribution in [2.45, 2.75) is 12.5 Å². The summed E-state index contributed by atoms with van der Waals surface area (Å²) in [4.78, 5) is 26.0. The van der Waals surface area contributed by atoms with Crippen molar-refractivity contribution in [2.24, 2.45) is 0 Å². The van der Waals surface area contributed by atoms with Gasteiger partial charge in [0.2, 0.25) is 0 Å². The maximum Gasteiger partial charge on any atom is 0.271 e. The van der Waals surface area contributed by atoms with Gasteiger partial charge in [-0.2, -0.15) is 5.10 Å². The lowest BCUT2D eigenvalue weighted by Crippen LogP contribution is -2.38. The number of aromatic nitrogens is 2. The van der Waals surface area contributed by atoms with Crippen molar-refractivity contribution < 1.29 is 14.0 Å². The van der Waals surface area contributed by atoms with Crippen LogP contribution in [0.1, 0.15) is 27.3 Å². The molecule has 1 aliphatic heterocycles. The number of benzene rings is 1. The number of halogens is 2. The predicted octanol–water partition coefficient (Wildman–Crippen LogP) is 1.85. The van der Waals surface area contributed by atoms with Crippen LogP contribution in [-0.4, -0.2) is 46.0 Å². The maximum absolute atomic E-state index is 12.9. The molecule has 0 bridgehead atoms. The molecule has 0 unspecified atom stereocenters. The molecule has 23 heavy (non-hydrogen) atoms. The first kappa shape index (κ1) is 15.5. The Morgan fingerprint density at radius 1 is 1.35 bits per heavy atom. The molecular formula is C15H14ClFN4O2. The fraction of sp³-hybridized carbons (Fsp3) is 0.267. The van der Waals surface area contributed by atoms with Gasteiger partial charge in [0.15, 0.2) is 0 Å². The standard InChI is InChI=1S/C15H14ClFN4O2/c16-12-7-18-20-13(12)14(22)19-11-5-6-21(8-11)15(23)9-1-3-10(17)4-2-9/h1-4,7,11H,5-6,8H2,(H,18,20)(H,19,22)/t11-/m1/s1. The highest BCUT2D eigenvalue weighted by Gasteiger charge is 2.28. The molecule has 120 valence electrons. The number of aromatic amines is 1. The molecule has 0 aliphatic carbocycles. The molecule has 6 nitrogen and oxygen atoms in total. The van der Waals surface area contributed by atoms with E-state index in [1.54, 1.807) is 4.90 Å². The Morgan fingerprint density at radius 3 is 2.74 bits per heavy atom. The number of hydrogen-bond acceptors (Lipinski definition) is 3. The van der Waals surface area contributed by atoms with Gasteiger partial charge in [0.25, 0.3) is 11.8 Å². The number of rotatable bonds is 3. The van der Waals surface area contributed by atoms with Gasteiger partial charge in [0.1, 0.15) is 11.5 Å². The van der Waals surface area contributed by atoms with E-state index >= 15 is 0 Å². The molecule has 2 N–H and O–H groups in total. The van der Waals surface area contributed by atoms with Crippen molar-refractivity contribution in [3.05, 3.63) is 52.6 Å². The third kappa shape index (κ3) is 3.34. The molecule has 2 amide bonds. The van der Waals surface area contributed by atoms with E-state index in [-0.39, 0.29) is 34.4 Å². The molecule has 1 aromatic heterocycles. The summed E-state index contributed by atoms with van der Waals surface area (Å²) in [5.74, 6) is -0.917. The first-order valence-electron chi connectivity index (χ1n) is 7.09. The Hall–Kier alpha value is -2.41. The average molecular weight is 337 g/mol. The summed E-state index contributed by atoms with van der Waals surface area (Å²) in [6, 6.07) is 5.25. The topological polar surface area (TPSA) is 78.1 Å². The number of amides is 2. The van der Waals surface area contributed by atoms with Crippen LogP contribution in [0.4, 0.5) is 4.39 Å². The van der Waals surface area contributed by atoms with Crippen molar-refractivity contribution in [3.63, 3.8) is 0 Å². The summed E-state index contributed by atoms with van der Waals surface area (Å²) in [5.41, 5.74) is 0.630. The Bertz CT molecular complexity index is 731. The third-order valence-electron chi connectivity index (χ3n) is 3.72. The summed E-state index contributed by atoms with van der Waals surface area (Å²) >= 11 is 5.84. The summed E-state index contributed by atoms with van der Waals surface area (Å²) < 4.78 is 12.9. The fourth-order valence-electron chi connectivity index (χ4n) is 2.53. The summed E-state index contributed by atoms with van der Waals surface area (Å²) in [6.45, 7) is 0.922. The first-order chi connectivity index (χ1) is 11.0. The molecule has 2 heterocycles. The van der Waals surface area contributed by atoms with Crippen LogP contribution in [0.2, 0.25) is 5.02 Å². The number of hydrogen-bond donors (Lipinski definition) is 2. The number of carbonyl (C=O) groups excluding carboxylic acids is 2. The Morgan fingerprint density at radius 2 is 2.09 bits per heavy atom. The van der Waals surface area contributed by atoms with Crippen LogP contribution in [0.3, 0.4) is 0 Å². The molecular weight excluding hydrogens is 323 g/mol. The van der Waals surface area contributed by atoms with Gasteiger partial charge in [-0.05, 0) is 30.7 Å². The molecule has 1 aliphatic rings. The molecule has 8 heteroatoms. The Balaban J connectivity index is 1.60. The quantitative estimate of drug-likeness (QED) is 0.898. The van der Waals surface area contributed by atoms with E-state index in [2.05, 4.69) is 15.5 Å². The number of carbonyl (C=O) groups is 2. The van der Waals surface area contributed by atoms with Crippen LogP contribution in [-0.2, 0) is 0 Å². The number of nitrogens with zero attached hydrogens (tertiary/aromatic N) is 2. The number of H-pyrrole nitrogens is 1. The van der Waals surface area contributed by atoms with Gasteiger partial charge in [-0.3, -0.25) is 14.7 Å². The molecule has 1 saturated heterocycles. The smallest absolute Gasteiger partial charge is 0.271 e. The largest absolute Gasteiger partial charge is 0.346 e. The van der Waals surface area contributed by atoms with Gasteiger partial charge in [0.05, 0.1) is 11.2 Å². The minimum Gasteiger partial charge on any atom is -0.346 e. The van der Waals surface area contributed by atoms with Crippen molar-refractivity contribution in [2.75, 3.05) is 13.1 Å². The van der Waals surface area contributed by atoms with E-state index in [9.17, 15) is 14.0 Å². The molecule has 0 saturated carbocycles. The lowest BCUT2D eigenvalue weighted by atomic mass is 10.2. The van der Waals surface area contributed by atoms with Crippen LogP contribution >= 0.6 is 11.6 Å². The first-order valence-corrected chi connectivity index (χ1v) is 7.47. The van der Waals surface area contributed by atoms with Gasteiger partial charge < -0.3 is 10.2 Å². The van der Waals surface area contributed by atoms with Crippen LogP contribution in [0.25, 0.3) is 0 Å². The molecule has 1 atom stereocenters. The van der Waals surface area contributed by atoms with Gasteiger partial charge >= 0.3 is 0 Å². The fourth-order valence-corrected chi connectivity index (χ4v) is 2.70. The molecule has 1 aromatic carbocycles. The van der Waals surface area contributed by atoms with Crippen LogP contribution in [0, 0.1) is 5.82 Å². The van der Waals surface area contributed by atoms with Crippen LogP contribution in [0.15, 0.2) is 30.5 Å². The maximum atomic E-state index is 12.9. The summed E-state index contributed by atoms with van der Waals surface area (Å²) in [6.07, 6.45) is 2.00. The third-order valence-corrected chi connectivity index (χ3v) is 4.01. The zero-order valence-corrected chi connectivity index (χ0v) is 12.8. The molecule has 3 rings (SSSR count). The Labute approximate surface area is 136 Å². The lowest BCUT2D eigenvalue weighted by Gasteiger charge is -2.17. The number of nitrogens with one attached hydrogen (secondary N) is 2. The van der Waals surface area contributed by atoms with E-state index < -0.39 is 0 Å². The molecule has 1 fully saturated rings. The zero-order valence-electron chi connectivity index (χ0n) is 12.1. The average Bonchev–Trinajstić information content (AvgIpc) is 3.16. The predicted molar refractivity (Wildman–Crippen MR) is 81.8 cm³/mol. The number of likely N-dealkylation sites (tertiary alicyclic amines) is 1. The van der Waals surface area contributed by atoms with Crippen molar-refractivity contribution >= 4 is 23.4 Å². The highest BCUT2D eigenvalue weighted by atomic mass is 35.5. The molecule has 0 radical (unpaired) electrons. The van der Waals surface area contributed by atoms with Crippen molar-refractivity contribution in [3.8, 4) is 0 Å². The van der Waals surface area contributed by atoms with Gasteiger partial charge in [-0.15, -0.1) is 0 Å². The second kappa shape index (κ2) is 6.37. The second-order valence-corrected chi connectivity index (χ2v) is 5.72. The van der Waals surface area contributed by atoms with Gasteiger partial charge in [-0.25, -0.2) is 4.39 Å². The van der Waals surface area contributed by atoms with Gasteiger partial charge in [-0.1, -0.05) is 11.6 Å². The molecule has 0 spiro atoms. The second-order valence-electron chi connectivity index (χ2n) is 5.31. The highest BCUT2D eigenvalue weighted by Crippen LogP contribution is 2.16.